The molecule has 17 heavy (non-hydrogen) atoms. The Morgan fingerprint density at radius 1 is 1.18 bits per heavy atom. The first-order chi connectivity index (χ1) is 8.27. The second-order valence-electron chi connectivity index (χ2n) is 4.02. The van der Waals surface area contributed by atoms with Crippen LogP contribution in [0.5, 0.6) is 0 Å². The quantitative estimate of drug-likeness (QED) is 0.872. The lowest BCUT2D eigenvalue weighted by molar-refractivity contribution is 0.184. The fourth-order valence-electron chi connectivity index (χ4n) is 1.73. The minimum absolute atomic E-state index is 0.520. The van der Waals surface area contributed by atoms with Crippen LogP contribution in [0, 0.1) is 0 Å². The SMILES string of the molecule is CN(CC(O)c1cccnc1)c1ccccc1. The third-order valence-corrected chi connectivity index (χ3v) is 2.71. The van der Waals surface area contributed by atoms with E-state index in [4.69, 9.17) is 0 Å². The van der Waals surface area contributed by atoms with Gasteiger partial charge in [0.25, 0.3) is 0 Å². The minimum Gasteiger partial charge on any atom is -0.387 e. The normalized spacial score (nSPS) is 12.1. The third-order valence-electron chi connectivity index (χ3n) is 2.71. The molecule has 0 saturated carbocycles. The molecule has 2 aromatic rings. The Hall–Kier alpha value is -1.87. The molecule has 1 atom stereocenters. The first-order valence-electron chi connectivity index (χ1n) is 5.61. The molecule has 1 aromatic carbocycles. The Morgan fingerprint density at radius 3 is 2.59 bits per heavy atom. The number of likely N-dealkylation sites (N-methyl/N-ethyl adjacent to an activating group) is 1. The van der Waals surface area contributed by atoms with Crippen molar-refractivity contribution in [2.75, 3.05) is 18.5 Å². The topological polar surface area (TPSA) is 36.4 Å². The standard InChI is InChI=1S/C14H16N2O/c1-16(13-7-3-2-4-8-13)11-14(17)12-6-5-9-15-10-12/h2-10,14,17H,11H2,1H3. The lowest BCUT2D eigenvalue weighted by atomic mass is 10.1. The average molecular weight is 228 g/mol. The Labute approximate surface area is 101 Å². The van der Waals surface area contributed by atoms with Gasteiger partial charge in [-0.25, -0.2) is 0 Å². The first-order valence-corrected chi connectivity index (χ1v) is 5.61. The molecule has 0 amide bonds. The maximum atomic E-state index is 10.1. The zero-order chi connectivity index (χ0) is 12.1. The largest absolute Gasteiger partial charge is 0.387 e. The van der Waals surface area contributed by atoms with E-state index in [9.17, 15) is 5.11 Å². The van der Waals surface area contributed by atoms with Gasteiger partial charge >= 0.3 is 0 Å². The van der Waals surface area contributed by atoms with Gasteiger partial charge in [0.05, 0.1) is 6.10 Å². The molecule has 0 aliphatic heterocycles. The Kier molecular flexibility index (Phi) is 3.73. The van der Waals surface area contributed by atoms with Crippen LogP contribution >= 0.6 is 0 Å². The predicted molar refractivity (Wildman–Crippen MR) is 68.9 cm³/mol. The van der Waals surface area contributed by atoms with Gasteiger partial charge in [0, 0.05) is 37.2 Å². The summed E-state index contributed by atoms with van der Waals surface area (Å²) in [5.74, 6) is 0. The lowest BCUT2D eigenvalue weighted by Gasteiger charge is -2.22. The summed E-state index contributed by atoms with van der Waals surface area (Å²) >= 11 is 0. The molecule has 0 saturated heterocycles. The molecule has 3 heteroatoms. The van der Waals surface area contributed by atoms with E-state index >= 15 is 0 Å². The van der Waals surface area contributed by atoms with Crippen molar-refractivity contribution in [2.45, 2.75) is 6.10 Å². The third kappa shape index (κ3) is 3.04. The number of benzene rings is 1. The summed E-state index contributed by atoms with van der Waals surface area (Å²) in [6.07, 6.45) is 2.88. The van der Waals surface area contributed by atoms with E-state index in [1.165, 1.54) is 0 Å². The van der Waals surface area contributed by atoms with E-state index in [1.807, 2.05) is 54.4 Å². The molecule has 1 heterocycles. The molecule has 1 N–H and O–H groups in total. The van der Waals surface area contributed by atoms with Gasteiger partial charge in [0.2, 0.25) is 0 Å². The Bertz CT molecular complexity index is 401. The van der Waals surface area contributed by atoms with Crippen LogP contribution in [0.25, 0.3) is 0 Å². The molecule has 0 fully saturated rings. The van der Waals surface area contributed by atoms with Crippen LogP contribution in [0.2, 0.25) is 0 Å². The summed E-state index contributed by atoms with van der Waals surface area (Å²) in [5, 5.41) is 10.1. The maximum absolute atomic E-state index is 10.1. The number of aromatic nitrogens is 1. The van der Waals surface area contributed by atoms with E-state index in [1.54, 1.807) is 12.4 Å². The van der Waals surface area contributed by atoms with E-state index in [2.05, 4.69) is 4.98 Å². The second-order valence-corrected chi connectivity index (χ2v) is 4.02. The first kappa shape index (κ1) is 11.6. The van der Waals surface area contributed by atoms with Gasteiger partial charge in [-0.15, -0.1) is 0 Å². The van der Waals surface area contributed by atoms with Crippen molar-refractivity contribution >= 4 is 5.69 Å². The summed E-state index contributed by atoms with van der Waals surface area (Å²) in [4.78, 5) is 6.03. The van der Waals surface area contributed by atoms with Gasteiger partial charge in [0.15, 0.2) is 0 Å². The van der Waals surface area contributed by atoms with Crippen LogP contribution in [0.15, 0.2) is 54.9 Å². The van der Waals surface area contributed by atoms with Crippen molar-refractivity contribution < 1.29 is 5.11 Å². The molecule has 0 bridgehead atoms. The van der Waals surface area contributed by atoms with Crippen molar-refractivity contribution in [1.82, 2.24) is 4.98 Å². The van der Waals surface area contributed by atoms with Crippen LogP contribution in [-0.4, -0.2) is 23.7 Å². The number of anilines is 1. The number of aliphatic hydroxyl groups is 1. The monoisotopic (exact) mass is 228 g/mol. The second kappa shape index (κ2) is 5.46. The van der Waals surface area contributed by atoms with Crippen molar-refractivity contribution in [3.63, 3.8) is 0 Å². The highest BCUT2D eigenvalue weighted by atomic mass is 16.3. The number of pyridine rings is 1. The molecule has 88 valence electrons. The molecule has 2 rings (SSSR count). The van der Waals surface area contributed by atoms with E-state index < -0.39 is 6.10 Å². The molecular weight excluding hydrogens is 212 g/mol. The van der Waals surface area contributed by atoms with Gasteiger partial charge in [-0.3, -0.25) is 4.98 Å². The van der Waals surface area contributed by atoms with E-state index in [0.29, 0.717) is 6.54 Å². The van der Waals surface area contributed by atoms with Gasteiger partial charge in [0.1, 0.15) is 0 Å². The molecule has 1 aromatic heterocycles. The highest BCUT2D eigenvalue weighted by Gasteiger charge is 2.10. The fraction of sp³-hybridized carbons (Fsp3) is 0.214. The van der Waals surface area contributed by atoms with Gasteiger partial charge < -0.3 is 10.0 Å². The van der Waals surface area contributed by atoms with Crippen LogP contribution in [0.1, 0.15) is 11.7 Å². The molecule has 1 unspecified atom stereocenters. The summed E-state index contributed by atoms with van der Waals surface area (Å²) in [6.45, 7) is 0.551. The Morgan fingerprint density at radius 2 is 1.94 bits per heavy atom. The zero-order valence-electron chi connectivity index (χ0n) is 9.82. The summed E-state index contributed by atoms with van der Waals surface area (Å²) < 4.78 is 0. The van der Waals surface area contributed by atoms with Gasteiger partial charge in [-0.2, -0.15) is 0 Å². The van der Waals surface area contributed by atoms with Crippen LogP contribution in [0.4, 0.5) is 5.69 Å². The lowest BCUT2D eigenvalue weighted by Crippen LogP contribution is -2.24. The maximum Gasteiger partial charge on any atom is 0.0979 e. The number of aliphatic hydroxyl groups excluding tert-OH is 1. The van der Waals surface area contributed by atoms with Crippen molar-refractivity contribution in [1.29, 1.82) is 0 Å². The number of nitrogens with zero attached hydrogens (tertiary/aromatic N) is 2. The summed E-state index contributed by atoms with van der Waals surface area (Å²) in [6, 6.07) is 13.7. The highest BCUT2D eigenvalue weighted by Crippen LogP contribution is 2.17. The number of rotatable bonds is 4. The Balaban J connectivity index is 2.02. The molecule has 0 spiro atoms. The van der Waals surface area contributed by atoms with Crippen LogP contribution < -0.4 is 4.90 Å². The number of para-hydroxylation sites is 1. The van der Waals surface area contributed by atoms with Gasteiger partial charge in [-0.1, -0.05) is 24.3 Å². The smallest absolute Gasteiger partial charge is 0.0979 e. The van der Waals surface area contributed by atoms with E-state index in [-0.39, 0.29) is 0 Å². The molecule has 0 aliphatic carbocycles. The van der Waals surface area contributed by atoms with Gasteiger partial charge in [-0.05, 0) is 18.2 Å². The highest BCUT2D eigenvalue weighted by molar-refractivity contribution is 5.45. The summed E-state index contributed by atoms with van der Waals surface area (Å²) in [7, 11) is 1.97. The summed E-state index contributed by atoms with van der Waals surface area (Å²) in [5.41, 5.74) is 1.94. The number of hydrogen-bond acceptors (Lipinski definition) is 3. The number of hydrogen-bond donors (Lipinski definition) is 1. The molecule has 0 radical (unpaired) electrons. The predicted octanol–water partition coefficient (Wildman–Crippen LogP) is 2.25. The van der Waals surface area contributed by atoms with Crippen LogP contribution in [-0.2, 0) is 0 Å². The van der Waals surface area contributed by atoms with E-state index in [0.717, 1.165) is 11.3 Å². The zero-order valence-corrected chi connectivity index (χ0v) is 9.82. The fourth-order valence-corrected chi connectivity index (χ4v) is 1.73. The van der Waals surface area contributed by atoms with Crippen molar-refractivity contribution in [2.24, 2.45) is 0 Å². The molecule has 3 nitrogen and oxygen atoms in total. The van der Waals surface area contributed by atoms with Crippen molar-refractivity contribution in [3.05, 3.63) is 60.4 Å². The molecule has 0 aliphatic rings. The van der Waals surface area contributed by atoms with Crippen molar-refractivity contribution in [3.8, 4) is 0 Å². The van der Waals surface area contributed by atoms with Crippen LogP contribution in [0.3, 0.4) is 0 Å². The minimum atomic E-state index is -0.520. The average Bonchev–Trinajstić information content (AvgIpc) is 2.40. The molecular formula is C14H16N2O.